The SMILES string of the molecule is CCC(C)(C)C(=O)OC.CCC(C)(C)C(=O)OC1CC2CC1CC2CC(C)(C(F)(F)F)C(F)(F)F.CCC(C)(C)C(=O)OCCC(=O)OCCC(=O)OC(C)OC. The Hall–Kier alpha value is -3.11. The summed E-state index contributed by atoms with van der Waals surface area (Å²) in [4.78, 5) is 57.4. The summed E-state index contributed by atoms with van der Waals surface area (Å²) in [5.41, 5.74) is -5.22. The molecule has 0 aromatic heterocycles. The van der Waals surface area contributed by atoms with Crippen molar-refractivity contribution in [3.8, 4) is 0 Å². The molecule has 0 amide bonds. The second-order valence-corrected chi connectivity index (χ2v) is 16.8. The number of hydrogen-bond donors (Lipinski definition) is 0. The van der Waals surface area contributed by atoms with Gasteiger partial charge in [0.05, 0.1) is 36.2 Å². The third kappa shape index (κ3) is 16.6. The molecule has 2 fully saturated rings. The maximum atomic E-state index is 13.1. The van der Waals surface area contributed by atoms with Crippen LogP contribution in [0.15, 0.2) is 0 Å². The molecule has 2 aliphatic rings. The maximum absolute atomic E-state index is 13.1. The van der Waals surface area contributed by atoms with E-state index in [4.69, 9.17) is 23.7 Å². The minimum absolute atomic E-state index is 0.0355. The second kappa shape index (κ2) is 22.3. The van der Waals surface area contributed by atoms with Crippen LogP contribution in [-0.2, 0) is 52.4 Å². The number of carbonyl (C=O) groups excluding carboxylic acids is 5. The molecule has 0 aromatic carbocycles. The van der Waals surface area contributed by atoms with Crippen LogP contribution in [0.5, 0.6) is 0 Å². The van der Waals surface area contributed by atoms with Gasteiger partial charge in [0, 0.05) is 7.11 Å². The Morgan fingerprint density at radius 1 is 0.614 bits per heavy atom. The van der Waals surface area contributed by atoms with Gasteiger partial charge in [-0.25, -0.2) is 0 Å². The van der Waals surface area contributed by atoms with Gasteiger partial charge in [0.1, 0.15) is 19.3 Å². The second-order valence-electron chi connectivity index (χ2n) is 16.8. The molecular formula is C40H66F6O11. The smallest absolute Gasteiger partial charge is 0.402 e. The molecular weight excluding hydrogens is 770 g/mol. The third-order valence-corrected chi connectivity index (χ3v) is 11.4. The monoisotopic (exact) mass is 836 g/mol. The van der Waals surface area contributed by atoms with Crippen molar-refractivity contribution in [2.45, 2.75) is 159 Å². The first kappa shape index (κ1) is 53.9. The lowest BCUT2D eigenvalue weighted by molar-refractivity contribution is -0.340. The molecule has 2 bridgehead atoms. The highest BCUT2D eigenvalue weighted by molar-refractivity contribution is 5.77. The number of fused-ring (bicyclic) bond motifs is 2. The predicted molar refractivity (Wildman–Crippen MR) is 197 cm³/mol. The van der Waals surface area contributed by atoms with Crippen molar-refractivity contribution >= 4 is 29.8 Å². The van der Waals surface area contributed by atoms with Crippen molar-refractivity contribution in [3.63, 3.8) is 0 Å². The van der Waals surface area contributed by atoms with E-state index in [1.807, 2.05) is 34.6 Å². The van der Waals surface area contributed by atoms with Crippen molar-refractivity contribution in [1.82, 2.24) is 0 Å². The number of ether oxygens (including phenoxy) is 6. The van der Waals surface area contributed by atoms with Crippen LogP contribution in [0, 0.1) is 39.4 Å². The molecule has 57 heavy (non-hydrogen) atoms. The third-order valence-electron chi connectivity index (χ3n) is 11.4. The molecule has 2 saturated carbocycles. The molecule has 17 heteroatoms. The Bertz CT molecular complexity index is 1300. The summed E-state index contributed by atoms with van der Waals surface area (Å²) in [5, 5.41) is 0. The lowest BCUT2D eigenvalue weighted by atomic mass is 9.73. The molecule has 0 saturated heterocycles. The van der Waals surface area contributed by atoms with E-state index in [9.17, 15) is 50.3 Å². The molecule has 5 unspecified atom stereocenters. The highest BCUT2D eigenvalue weighted by Crippen LogP contribution is 2.59. The summed E-state index contributed by atoms with van der Waals surface area (Å²) < 4.78 is 108. The topological polar surface area (TPSA) is 141 Å². The van der Waals surface area contributed by atoms with Crippen molar-refractivity contribution < 1.29 is 78.7 Å². The number of carbonyl (C=O) groups is 5. The van der Waals surface area contributed by atoms with Crippen LogP contribution in [0.4, 0.5) is 26.3 Å². The molecule has 0 aliphatic heterocycles. The van der Waals surface area contributed by atoms with Crippen LogP contribution in [-0.4, -0.2) is 82.0 Å². The average Bonchev–Trinajstić information content (AvgIpc) is 3.70. The summed E-state index contributed by atoms with van der Waals surface area (Å²) in [5.74, 6) is -2.94. The zero-order valence-corrected chi connectivity index (χ0v) is 35.9. The summed E-state index contributed by atoms with van der Waals surface area (Å²) >= 11 is 0. The molecule has 2 aliphatic carbocycles. The highest BCUT2D eigenvalue weighted by atomic mass is 19.4. The van der Waals surface area contributed by atoms with Crippen LogP contribution in [0.2, 0.25) is 0 Å². The van der Waals surface area contributed by atoms with E-state index in [0.717, 1.165) is 6.42 Å². The number of halogens is 6. The van der Waals surface area contributed by atoms with Gasteiger partial charge in [-0.1, -0.05) is 20.8 Å². The fourth-order valence-electron chi connectivity index (χ4n) is 5.69. The number of rotatable bonds is 17. The van der Waals surface area contributed by atoms with E-state index >= 15 is 0 Å². The van der Waals surface area contributed by atoms with Gasteiger partial charge in [-0.2, -0.15) is 26.3 Å². The molecule has 0 N–H and O–H groups in total. The van der Waals surface area contributed by atoms with Crippen LogP contribution in [0.25, 0.3) is 0 Å². The minimum Gasteiger partial charge on any atom is -0.469 e. The van der Waals surface area contributed by atoms with Crippen molar-refractivity contribution in [2.24, 2.45) is 39.4 Å². The van der Waals surface area contributed by atoms with Crippen LogP contribution in [0.3, 0.4) is 0 Å². The van der Waals surface area contributed by atoms with Gasteiger partial charge in [0.2, 0.25) is 0 Å². The quantitative estimate of drug-likeness (QED) is 0.0599. The number of methoxy groups -OCH3 is 2. The van der Waals surface area contributed by atoms with E-state index < -0.39 is 65.3 Å². The molecule has 0 heterocycles. The minimum atomic E-state index is -5.34. The fourth-order valence-corrected chi connectivity index (χ4v) is 5.69. The van der Waals surface area contributed by atoms with Gasteiger partial charge in [0.15, 0.2) is 11.7 Å². The van der Waals surface area contributed by atoms with Crippen LogP contribution in [0.1, 0.15) is 134 Å². The van der Waals surface area contributed by atoms with Crippen LogP contribution < -0.4 is 0 Å². The molecule has 2 rings (SSSR count). The molecule has 5 atom stereocenters. The fraction of sp³-hybridized carbons (Fsp3) is 0.875. The molecule has 11 nitrogen and oxygen atoms in total. The Kier molecular flexibility index (Phi) is 21.1. The van der Waals surface area contributed by atoms with E-state index in [1.54, 1.807) is 34.6 Å². The van der Waals surface area contributed by atoms with Gasteiger partial charge in [-0.15, -0.1) is 0 Å². The molecule has 334 valence electrons. The van der Waals surface area contributed by atoms with Crippen molar-refractivity contribution in [1.29, 1.82) is 0 Å². The summed E-state index contributed by atoms with van der Waals surface area (Å²) in [6.45, 7) is 18.2. The van der Waals surface area contributed by atoms with Crippen LogP contribution >= 0.6 is 0 Å². The Morgan fingerprint density at radius 2 is 1.07 bits per heavy atom. The summed E-state index contributed by atoms with van der Waals surface area (Å²) in [7, 11) is 2.83. The van der Waals surface area contributed by atoms with Crippen molar-refractivity contribution in [2.75, 3.05) is 27.4 Å². The van der Waals surface area contributed by atoms with Gasteiger partial charge in [0.25, 0.3) is 0 Å². The van der Waals surface area contributed by atoms with E-state index in [1.165, 1.54) is 14.2 Å². The Labute approximate surface area is 333 Å². The van der Waals surface area contributed by atoms with E-state index in [-0.39, 0.29) is 74.6 Å². The normalized spacial score (nSPS) is 20.2. The van der Waals surface area contributed by atoms with E-state index in [2.05, 4.69) is 4.74 Å². The summed E-state index contributed by atoms with van der Waals surface area (Å²) in [6, 6.07) is 0. The number of esters is 5. The highest BCUT2D eigenvalue weighted by Gasteiger charge is 2.68. The summed E-state index contributed by atoms with van der Waals surface area (Å²) in [6.07, 6.45) is -9.58. The molecule has 0 radical (unpaired) electrons. The number of hydrogen-bond acceptors (Lipinski definition) is 11. The molecule has 0 aromatic rings. The van der Waals surface area contributed by atoms with Gasteiger partial charge in [-0.05, 0) is 118 Å². The lowest BCUT2D eigenvalue weighted by Gasteiger charge is -2.38. The largest absolute Gasteiger partial charge is 0.469 e. The Balaban J connectivity index is 0.000000917. The average molecular weight is 837 g/mol. The Morgan fingerprint density at radius 3 is 1.47 bits per heavy atom. The predicted octanol–water partition coefficient (Wildman–Crippen LogP) is 9.32. The van der Waals surface area contributed by atoms with Gasteiger partial charge in [-0.3, -0.25) is 24.0 Å². The lowest BCUT2D eigenvalue weighted by Crippen LogP contribution is -2.49. The zero-order valence-electron chi connectivity index (χ0n) is 35.9. The van der Waals surface area contributed by atoms with Crippen molar-refractivity contribution in [3.05, 3.63) is 0 Å². The first-order chi connectivity index (χ1) is 25.9. The first-order valence-electron chi connectivity index (χ1n) is 19.4. The first-order valence-corrected chi connectivity index (χ1v) is 19.4. The zero-order chi connectivity index (χ0) is 44.8. The molecule has 0 spiro atoms. The van der Waals surface area contributed by atoms with Gasteiger partial charge >= 0.3 is 42.2 Å². The standard InChI is InChI=1S/C18H26F6O2.C15H26O7.C7H14O2/c1-5-15(2,3)14(25)26-13-8-10-6-11(13)7-12(10)9-16(4,17(19,20)21)18(22,23)24;1-6-15(3,4)14(18)21-10-7-12(16)20-9-8-13(17)22-11(2)19-5;1-5-7(2,3)6(8)9-4/h10-13H,5-9H2,1-4H3;11H,6-10H2,1-5H3;5H2,1-4H3. The van der Waals surface area contributed by atoms with E-state index in [0.29, 0.717) is 25.7 Å². The number of alkyl halides is 6. The van der Waals surface area contributed by atoms with Gasteiger partial charge < -0.3 is 28.4 Å². The maximum Gasteiger partial charge on any atom is 0.402 e.